The van der Waals surface area contributed by atoms with E-state index in [9.17, 15) is 0 Å². The molecule has 88 valence electrons. The first kappa shape index (κ1) is 11.4. The third-order valence-corrected chi connectivity index (χ3v) is 2.93. The van der Waals surface area contributed by atoms with Gasteiger partial charge < -0.3 is 15.2 Å². The Bertz CT molecular complexity index is 302. The van der Waals surface area contributed by atoms with E-state index in [-0.39, 0.29) is 12.1 Å². The zero-order valence-electron chi connectivity index (χ0n) is 9.47. The highest BCUT2D eigenvalue weighted by molar-refractivity contribution is 5.20. The van der Waals surface area contributed by atoms with Gasteiger partial charge in [0, 0.05) is 6.04 Å². The molecule has 0 aliphatic heterocycles. The summed E-state index contributed by atoms with van der Waals surface area (Å²) in [6.07, 6.45) is 3.60. The van der Waals surface area contributed by atoms with Crippen molar-refractivity contribution in [2.45, 2.75) is 31.4 Å². The Morgan fingerprint density at radius 1 is 1.12 bits per heavy atom. The van der Waals surface area contributed by atoms with Crippen LogP contribution in [0.5, 0.6) is 5.75 Å². The maximum Gasteiger partial charge on any atom is 0.119 e. The molecule has 0 spiro atoms. The summed E-state index contributed by atoms with van der Waals surface area (Å²) in [4.78, 5) is 0. The zero-order valence-corrected chi connectivity index (χ0v) is 9.47. The van der Waals surface area contributed by atoms with E-state index in [4.69, 9.17) is 15.2 Å². The summed E-state index contributed by atoms with van der Waals surface area (Å²) in [6, 6.07) is 10.0. The van der Waals surface area contributed by atoms with Gasteiger partial charge in [-0.05, 0) is 31.4 Å². The summed E-state index contributed by atoms with van der Waals surface area (Å²) in [5, 5.41) is 0. The number of hydrogen-bond donors (Lipinski definition) is 1. The van der Waals surface area contributed by atoms with Crippen LogP contribution in [0.15, 0.2) is 30.3 Å². The van der Waals surface area contributed by atoms with Gasteiger partial charge in [0.25, 0.3) is 0 Å². The average Bonchev–Trinajstić information content (AvgIpc) is 2.72. The van der Waals surface area contributed by atoms with Crippen molar-refractivity contribution in [2.24, 2.45) is 5.73 Å². The first-order valence-corrected chi connectivity index (χ1v) is 5.91. The van der Waals surface area contributed by atoms with Crippen LogP contribution in [0.4, 0.5) is 0 Å². The first-order chi connectivity index (χ1) is 7.86. The molecule has 2 atom stereocenters. The number of para-hydroxylation sites is 1. The molecule has 1 saturated carbocycles. The summed E-state index contributed by atoms with van der Waals surface area (Å²) in [5.41, 5.74) is 5.91. The molecule has 0 aromatic heterocycles. The fourth-order valence-electron chi connectivity index (χ4n) is 2.04. The SMILES string of the molecule is NC1CCCC1OCCOc1ccccc1. The molecule has 3 nitrogen and oxygen atoms in total. The van der Waals surface area contributed by atoms with Crippen LogP contribution < -0.4 is 10.5 Å². The number of hydrogen-bond acceptors (Lipinski definition) is 3. The van der Waals surface area contributed by atoms with E-state index in [1.54, 1.807) is 0 Å². The predicted molar refractivity (Wildman–Crippen MR) is 63.5 cm³/mol. The minimum atomic E-state index is 0.219. The van der Waals surface area contributed by atoms with Crippen LogP contribution in [-0.4, -0.2) is 25.4 Å². The molecule has 0 heterocycles. The third kappa shape index (κ3) is 3.22. The highest BCUT2D eigenvalue weighted by Crippen LogP contribution is 2.20. The van der Waals surface area contributed by atoms with Gasteiger partial charge in [0.1, 0.15) is 12.4 Å². The smallest absolute Gasteiger partial charge is 0.119 e. The summed E-state index contributed by atoms with van der Waals surface area (Å²) < 4.78 is 11.2. The molecular weight excluding hydrogens is 202 g/mol. The number of nitrogens with two attached hydrogens (primary N) is 1. The van der Waals surface area contributed by atoms with E-state index < -0.39 is 0 Å². The van der Waals surface area contributed by atoms with Gasteiger partial charge in [-0.3, -0.25) is 0 Å². The quantitative estimate of drug-likeness (QED) is 0.773. The Kier molecular flexibility index (Phi) is 4.19. The van der Waals surface area contributed by atoms with Gasteiger partial charge in [-0.15, -0.1) is 0 Å². The zero-order chi connectivity index (χ0) is 11.2. The Morgan fingerprint density at radius 3 is 2.62 bits per heavy atom. The summed E-state index contributed by atoms with van der Waals surface area (Å²) in [6.45, 7) is 1.21. The summed E-state index contributed by atoms with van der Waals surface area (Å²) >= 11 is 0. The second-order valence-corrected chi connectivity index (χ2v) is 4.17. The highest BCUT2D eigenvalue weighted by Gasteiger charge is 2.24. The van der Waals surface area contributed by atoms with Crippen molar-refractivity contribution in [3.8, 4) is 5.75 Å². The van der Waals surface area contributed by atoms with Crippen molar-refractivity contribution in [1.29, 1.82) is 0 Å². The van der Waals surface area contributed by atoms with Crippen molar-refractivity contribution in [1.82, 2.24) is 0 Å². The highest BCUT2D eigenvalue weighted by atomic mass is 16.5. The fraction of sp³-hybridized carbons (Fsp3) is 0.538. The van der Waals surface area contributed by atoms with E-state index in [0.717, 1.165) is 18.6 Å². The normalized spacial score (nSPS) is 24.6. The lowest BCUT2D eigenvalue weighted by Crippen LogP contribution is -2.32. The fourth-order valence-corrected chi connectivity index (χ4v) is 2.04. The Balaban J connectivity index is 1.62. The van der Waals surface area contributed by atoms with Crippen LogP contribution in [0.2, 0.25) is 0 Å². The molecule has 3 heteroatoms. The molecule has 0 radical (unpaired) electrons. The van der Waals surface area contributed by atoms with Gasteiger partial charge in [-0.25, -0.2) is 0 Å². The lowest BCUT2D eigenvalue weighted by atomic mass is 10.2. The molecule has 0 saturated heterocycles. The second kappa shape index (κ2) is 5.87. The van der Waals surface area contributed by atoms with Crippen LogP contribution in [0.3, 0.4) is 0 Å². The maximum atomic E-state index is 5.91. The van der Waals surface area contributed by atoms with E-state index in [1.165, 1.54) is 6.42 Å². The molecule has 1 aromatic rings. The minimum absolute atomic E-state index is 0.219. The molecule has 2 rings (SSSR count). The van der Waals surface area contributed by atoms with Crippen molar-refractivity contribution in [3.05, 3.63) is 30.3 Å². The lowest BCUT2D eigenvalue weighted by molar-refractivity contribution is 0.0296. The maximum absolute atomic E-state index is 5.91. The van der Waals surface area contributed by atoms with Crippen molar-refractivity contribution >= 4 is 0 Å². The molecular formula is C13H19NO2. The van der Waals surface area contributed by atoms with Crippen LogP contribution in [-0.2, 0) is 4.74 Å². The summed E-state index contributed by atoms with van der Waals surface area (Å²) in [7, 11) is 0. The van der Waals surface area contributed by atoms with E-state index in [2.05, 4.69) is 0 Å². The van der Waals surface area contributed by atoms with Crippen LogP contribution >= 0.6 is 0 Å². The minimum Gasteiger partial charge on any atom is -0.491 e. The summed E-state index contributed by atoms with van der Waals surface area (Å²) in [5.74, 6) is 0.891. The Labute approximate surface area is 96.5 Å². The molecule has 16 heavy (non-hydrogen) atoms. The molecule has 1 aliphatic rings. The van der Waals surface area contributed by atoms with Gasteiger partial charge >= 0.3 is 0 Å². The monoisotopic (exact) mass is 221 g/mol. The van der Waals surface area contributed by atoms with Gasteiger partial charge in [0.2, 0.25) is 0 Å². The Morgan fingerprint density at radius 2 is 1.94 bits per heavy atom. The van der Waals surface area contributed by atoms with Crippen LogP contribution in [0.1, 0.15) is 19.3 Å². The average molecular weight is 221 g/mol. The van der Waals surface area contributed by atoms with E-state index in [1.807, 2.05) is 30.3 Å². The molecule has 0 bridgehead atoms. The van der Waals surface area contributed by atoms with Gasteiger partial charge in [0.05, 0.1) is 12.7 Å². The van der Waals surface area contributed by atoms with Gasteiger partial charge in [-0.1, -0.05) is 18.2 Å². The number of ether oxygens (including phenoxy) is 2. The molecule has 2 N–H and O–H groups in total. The lowest BCUT2D eigenvalue weighted by Gasteiger charge is -2.16. The number of benzene rings is 1. The van der Waals surface area contributed by atoms with Crippen molar-refractivity contribution in [3.63, 3.8) is 0 Å². The third-order valence-electron chi connectivity index (χ3n) is 2.93. The van der Waals surface area contributed by atoms with Crippen LogP contribution in [0, 0.1) is 0 Å². The molecule has 1 fully saturated rings. The molecule has 1 aliphatic carbocycles. The number of rotatable bonds is 5. The molecule has 2 unspecified atom stereocenters. The van der Waals surface area contributed by atoms with Gasteiger partial charge in [-0.2, -0.15) is 0 Å². The largest absolute Gasteiger partial charge is 0.491 e. The Hall–Kier alpha value is -1.06. The van der Waals surface area contributed by atoms with Gasteiger partial charge in [0.15, 0.2) is 0 Å². The topological polar surface area (TPSA) is 44.5 Å². The van der Waals surface area contributed by atoms with Crippen molar-refractivity contribution in [2.75, 3.05) is 13.2 Å². The first-order valence-electron chi connectivity index (χ1n) is 5.91. The predicted octanol–water partition coefficient (Wildman–Crippen LogP) is 1.96. The standard InChI is InChI=1S/C13H19NO2/c14-12-7-4-8-13(12)16-10-9-15-11-5-2-1-3-6-11/h1-3,5-6,12-13H,4,7-10,14H2. The second-order valence-electron chi connectivity index (χ2n) is 4.17. The van der Waals surface area contributed by atoms with E-state index >= 15 is 0 Å². The molecule has 1 aromatic carbocycles. The van der Waals surface area contributed by atoms with E-state index in [0.29, 0.717) is 13.2 Å². The molecule has 0 amide bonds. The van der Waals surface area contributed by atoms with Crippen molar-refractivity contribution < 1.29 is 9.47 Å². The van der Waals surface area contributed by atoms with Crippen LogP contribution in [0.25, 0.3) is 0 Å².